The normalized spacial score (nSPS) is 20.5. The zero-order valence-electron chi connectivity index (χ0n) is 23.8. The fraction of sp³-hybridized carbons (Fsp3) is 0.469. The quantitative estimate of drug-likeness (QED) is 0.475. The molecule has 42 heavy (non-hydrogen) atoms. The van der Waals surface area contributed by atoms with Crippen molar-refractivity contribution in [2.75, 3.05) is 44.2 Å². The van der Waals surface area contributed by atoms with Crippen molar-refractivity contribution in [3.63, 3.8) is 0 Å². The Morgan fingerprint density at radius 3 is 2.38 bits per heavy atom. The maximum Gasteiger partial charge on any atom is 0.274 e. The summed E-state index contributed by atoms with van der Waals surface area (Å²) in [6.07, 6.45) is 7.63. The van der Waals surface area contributed by atoms with Gasteiger partial charge in [0.1, 0.15) is 17.6 Å². The summed E-state index contributed by atoms with van der Waals surface area (Å²) in [5, 5.41) is 13.7. The molecule has 220 valence electrons. The molecule has 4 heterocycles. The zero-order chi connectivity index (χ0) is 29.2. The molecule has 10 heteroatoms. The summed E-state index contributed by atoms with van der Waals surface area (Å²) < 4.78 is 31.8. The summed E-state index contributed by atoms with van der Waals surface area (Å²) in [4.78, 5) is 19.9. The van der Waals surface area contributed by atoms with Gasteiger partial charge in [0.2, 0.25) is 0 Å². The highest BCUT2D eigenvalue weighted by molar-refractivity contribution is 5.93. The van der Waals surface area contributed by atoms with E-state index in [-0.39, 0.29) is 28.9 Å². The number of benzene rings is 2. The van der Waals surface area contributed by atoms with Gasteiger partial charge in [-0.25, -0.2) is 13.5 Å². The number of hydrogen-bond donors (Lipinski definition) is 1. The first-order valence-corrected chi connectivity index (χ1v) is 15.0. The Bertz CT molecular complexity index is 1480. The van der Waals surface area contributed by atoms with Gasteiger partial charge in [-0.05, 0) is 88.0 Å². The van der Waals surface area contributed by atoms with E-state index in [2.05, 4.69) is 14.9 Å². The maximum atomic E-state index is 15.8. The first-order valence-electron chi connectivity index (χ1n) is 15.0. The van der Waals surface area contributed by atoms with Crippen molar-refractivity contribution in [2.45, 2.75) is 57.0 Å². The minimum Gasteiger partial charge on any atom is -0.371 e. The molecule has 1 amide bonds. The summed E-state index contributed by atoms with van der Waals surface area (Å²) in [5.74, 6) is -1.47. The molecule has 0 radical (unpaired) electrons. The Labute approximate surface area is 245 Å². The van der Waals surface area contributed by atoms with Gasteiger partial charge in [0.25, 0.3) is 5.91 Å². The van der Waals surface area contributed by atoms with Crippen LogP contribution in [0.5, 0.6) is 0 Å². The zero-order valence-corrected chi connectivity index (χ0v) is 23.8. The fourth-order valence-electron chi connectivity index (χ4n) is 6.63. The number of nitrogens with two attached hydrogens (primary N) is 1. The number of halogens is 2. The van der Waals surface area contributed by atoms with Crippen molar-refractivity contribution in [3.8, 4) is 23.0 Å². The molecule has 0 unspecified atom stereocenters. The van der Waals surface area contributed by atoms with E-state index in [9.17, 15) is 14.4 Å². The fourth-order valence-corrected chi connectivity index (χ4v) is 6.63. The number of hydrogen-bond acceptors (Lipinski definition) is 6. The third-order valence-electron chi connectivity index (χ3n) is 8.95. The molecule has 3 aliphatic rings. The van der Waals surface area contributed by atoms with E-state index >= 15 is 4.39 Å². The largest absolute Gasteiger partial charge is 0.371 e. The number of carbonyl (C=O) groups excluding carboxylic acids is 1. The summed E-state index contributed by atoms with van der Waals surface area (Å²) in [5.41, 5.74) is 7.85. The molecule has 3 aromatic rings. The van der Waals surface area contributed by atoms with Crippen LogP contribution >= 0.6 is 0 Å². The molecular weight excluding hydrogens is 536 g/mol. The van der Waals surface area contributed by atoms with Gasteiger partial charge < -0.3 is 20.4 Å². The third-order valence-corrected chi connectivity index (χ3v) is 8.95. The molecule has 8 nitrogen and oxygen atoms in total. The highest BCUT2D eigenvalue weighted by Gasteiger charge is 2.28. The smallest absolute Gasteiger partial charge is 0.274 e. The lowest BCUT2D eigenvalue weighted by molar-refractivity contribution is 0.0702. The Morgan fingerprint density at radius 2 is 1.69 bits per heavy atom. The van der Waals surface area contributed by atoms with E-state index in [1.807, 2.05) is 12.1 Å². The van der Waals surface area contributed by atoms with Gasteiger partial charge in [-0.3, -0.25) is 4.79 Å². The van der Waals surface area contributed by atoms with Crippen LogP contribution in [-0.4, -0.2) is 76.8 Å². The van der Waals surface area contributed by atoms with Crippen LogP contribution in [0.15, 0.2) is 42.5 Å². The minimum atomic E-state index is -0.693. The Kier molecular flexibility index (Phi) is 8.22. The molecule has 1 aromatic heterocycles. The molecule has 0 spiro atoms. The molecule has 2 N–H and O–H groups in total. The predicted octanol–water partition coefficient (Wildman–Crippen LogP) is 4.71. The molecule has 3 saturated heterocycles. The Hall–Kier alpha value is -3.81. The van der Waals surface area contributed by atoms with Gasteiger partial charge >= 0.3 is 0 Å². The van der Waals surface area contributed by atoms with Gasteiger partial charge in [0, 0.05) is 49.5 Å². The van der Waals surface area contributed by atoms with Crippen LogP contribution < -0.4 is 10.6 Å². The van der Waals surface area contributed by atoms with E-state index < -0.39 is 11.6 Å². The standard InChI is InChI=1S/C32H37F2N7O/c33-27-17-22(6-7-23(27)20-35)31-19-29(32(42)40-14-4-5-24(36)21-40)37-41(31)30-9-8-26(18-28(30)34)39-15-10-25(11-16-39)38-12-2-1-3-13-38/h6-9,17-19,24-25H,1-5,10-16,21,36H2/t24-/m1/s1. The van der Waals surface area contributed by atoms with E-state index in [0.29, 0.717) is 30.4 Å². The van der Waals surface area contributed by atoms with Crippen LogP contribution in [0.4, 0.5) is 14.5 Å². The van der Waals surface area contributed by atoms with Crippen molar-refractivity contribution in [2.24, 2.45) is 5.73 Å². The Morgan fingerprint density at radius 1 is 0.905 bits per heavy atom. The van der Waals surface area contributed by atoms with E-state index in [1.165, 1.54) is 55.2 Å². The van der Waals surface area contributed by atoms with Gasteiger partial charge in [0.15, 0.2) is 11.5 Å². The second kappa shape index (κ2) is 12.2. The molecule has 1 atom stereocenters. The molecule has 0 bridgehead atoms. The predicted molar refractivity (Wildman–Crippen MR) is 157 cm³/mol. The van der Waals surface area contributed by atoms with E-state index in [4.69, 9.17) is 5.73 Å². The molecule has 3 fully saturated rings. The molecule has 3 aliphatic heterocycles. The number of rotatable bonds is 5. The van der Waals surface area contributed by atoms with Gasteiger partial charge in [-0.2, -0.15) is 10.4 Å². The molecular formula is C32H37F2N7O. The Balaban J connectivity index is 1.29. The number of amides is 1. The van der Waals surface area contributed by atoms with Crippen molar-refractivity contribution < 1.29 is 13.6 Å². The van der Waals surface area contributed by atoms with Crippen LogP contribution in [-0.2, 0) is 0 Å². The molecule has 0 saturated carbocycles. The number of nitrogens with zero attached hydrogens (tertiary/aromatic N) is 6. The SMILES string of the molecule is N#Cc1ccc(-c2cc(C(=O)N3CCC[C@@H](N)C3)nn2-c2ccc(N3CCC(N4CCCCC4)CC3)cc2F)cc1F. The van der Waals surface area contributed by atoms with Crippen LogP contribution in [0.25, 0.3) is 16.9 Å². The van der Waals surface area contributed by atoms with Crippen molar-refractivity contribution >= 4 is 11.6 Å². The molecule has 2 aromatic carbocycles. The second-order valence-electron chi connectivity index (χ2n) is 11.7. The number of likely N-dealkylation sites (tertiary alicyclic amines) is 2. The number of carbonyl (C=O) groups is 1. The van der Waals surface area contributed by atoms with Gasteiger partial charge in [-0.15, -0.1) is 0 Å². The lowest BCUT2D eigenvalue weighted by atomic mass is 9.99. The van der Waals surface area contributed by atoms with Crippen LogP contribution in [0.1, 0.15) is 61.0 Å². The van der Waals surface area contributed by atoms with E-state index in [1.54, 1.807) is 23.1 Å². The van der Waals surface area contributed by atoms with Crippen LogP contribution in [0, 0.1) is 23.0 Å². The highest BCUT2D eigenvalue weighted by Crippen LogP contribution is 2.31. The third kappa shape index (κ3) is 5.76. The maximum absolute atomic E-state index is 15.8. The number of aromatic nitrogens is 2. The first-order chi connectivity index (χ1) is 20.4. The van der Waals surface area contributed by atoms with Gasteiger partial charge in [0.05, 0.1) is 11.3 Å². The van der Waals surface area contributed by atoms with Crippen LogP contribution in [0.2, 0.25) is 0 Å². The summed E-state index contributed by atoms with van der Waals surface area (Å²) >= 11 is 0. The number of anilines is 1. The average molecular weight is 574 g/mol. The average Bonchev–Trinajstić information content (AvgIpc) is 3.46. The monoisotopic (exact) mass is 573 g/mol. The first kappa shape index (κ1) is 28.3. The topological polar surface area (TPSA) is 94.4 Å². The lowest BCUT2D eigenvalue weighted by Gasteiger charge is -2.41. The van der Waals surface area contributed by atoms with Crippen LogP contribution in [0.3, 0.4) is 0 Å². The molecule has 6 rings (SSSR count). The minimum absolute atomic E-state index is 0.0944. The number of piperidine rings is 3. The van der Waals surface area contributed by atoms with Crippen molar-refractivity contribution in [1.29, 1.82) is 5.26 Å². The highest BCUT2D eigenvalue weighted by atomic mass is 19.1. The van der Waals surface area contributed by atoms with Crippen molar-refractivity contribution in [3.05, 3.63) is 65.4 Å². The van der Waals surface area contributed by atoms with Gasteiger partial charge in [-0.1, -0.05) is 12.5 Å². The summed E-state index contributed by atoms with van der Waals surface area (Å²) in [6, 6.07) is 13.1. The number of nitriles is 1. The lowest BCUT2D eigenvalue weighted by Crippen LogP contribution is -2.46. The van der Waals surface area contributed by atoms with E-state index in [0.717, 1.165) is 44.5 Å². The van der Waals surface area contributed by atoms with Crippen molar-refractivity contribution in [1.82, 2.24) is 19.6 Å². The summed E-state index contributed by atoms with van der Waals surface area (Å²) in [7, 11) is 0. The summed E-state index contributed by atoms with van der Waals surface area (Å²) in [6.45, 7) is 5.08. The molecule has 0 aliphatic carbocycles. The second-order valence-corrected chi connectivity index (χ2v) is 11.7.